The van der Waals surface area contributed by atoms with E-state index in [0.717, 1.165) is 30.5 Å². The van der Waals surface area contributed by atoms with E-state index in [1.54, 1.807) is 24.3 Å². The fraction of sp³-hybridized carbons (Fsp3) is 0.316. The molecule has 3 rings (SSSR count). The van der Waals surface area contributed by atoms with Crippen molar-refractivity contribution in [1.82, 2.24) is 0 Å². The van der Waals surface area contributed by atoms with Gasteiger partial charge in [0.25, 0.3) is 5.69 Å². The second-order valence-corrected chi connectivity index (χ2v) is 9.15. The van der Waals surface area contributed by atoms with Crippen molar-refractivity contribution in [1.29, 1.82) is 0 Å². The lowest BCUT2D eigenvalue weighted by Gasteiger charge is -2.24. The average Bonchev–Trinajstić information content (AvgIpc) is 2.72. The molecule has 0 spiro atoms. The van der Waals surface area contributed by atoms with E-state index < -0.39 is 36.3 Å². The molecule has 0 unspecified atom stereocenters. The van der Waals surface area contributed by atoms with Crippen LogP contribution in [0.5, 0.6) is 0 Å². The van der Waals surface area contributed by atoms with Crippen molar-refractivity contribution >= 4 is 32.6 Å². The maximum atomic E-state index is 13.1. The van der Waals surface area contributed by atoms with E-state index in [4.69, 9.17) is 0 Å². The van der Waals surface area contributed by atoms with Gasteiger partial charge in [0.15, 0.2) is 9.84 Å². The van der Waals surface area contributed by atoms with Crippen molar-refractivity contribution in [3.05, 3.63) is 68.3 Å². The first-order valence-electron chi connectivity index (χ1n) is 9.26. The molecule has 0 heterocycles. The standard InChI is InChI=1S/C19H20N4O6S/c1-13-6-9-15(10-7-13)30(28,29)19-5-3-2-4-17(19)21-20-16-11-8-14(22(24)25)12-18(16)23(26)27/h6-12,19-20H,2-5H2,1H3/b21-17-/t19-/m1/s1. The van der Waals surface area contributed by atoms with Crippen LogP contribution in [-0.2, 0) is 9.84 Å². The number of sulfone groups is 1. The van der Waals surface area contributed by atoms with Gasteiger partial charge in [0.1, 0.15) is 10.9 Å². The molecular weight excluding hydrogens is 412 g/mol. The summed E-state index contributed by atoms with van der Waals surface area (Å²) in [4.78, 5) is 20.9. The Labute approximate surface area is 172 Å². The van der Waals surface area contributed by atoms with E-state index in [1.165, 1.54) is 6.07 Å². The number of aryl methyl sites for hydroxylation is 1. The Morgan fingerprint density at radius 3 is 2.37 bits per heavy atom. The molecule has 2 aromatic rings. The van der Waals surface area contributed by atoms with E-state index in [9.17, 15) is 28.6 Å². The Kier molecular flexibility index (Phi) is 6.11. The number of hydrogen-bond acceptors (Lipinski definition) is 8. The monoisotopic (exact) mass is 432 g/mol. The minimum atomic E-state index is -3.67. The molecule has 1 atom stereocenters. The fourth-order valence-corrected chi connectivity index (χ4v) is 5.18. The summed E-state index contributed by atoms with van der Waals surface area (Å²) in [6.07, 6.45) is 2.32. The van der Waals surface area contributed by atoms with E-state index in [-0.39, 0.29) is 10.6 Å². The summed E-state index contributed by atoms with van der Waals surface area (Å²) in [7, 11) is -3.67. The number of hydrazone groups is 1. The van der Waals surface area contributed by atoms with E-state index in [1.807, 2.05) is 6.92 Å². The van der Waals surface area contributed by atoms with Gasteiger partial charge >= 0.3 is 5.69 Å². The number of anilines is 1. The minimum absolute atomic E-state index is 0.0462. The van der Waals surface area contributed by atoms with Gasteiger partial charge in [-0.25, -0.2) is 8.42 Å². The average molecular weight is 432 g/mol. The van der Waals surface area contributed by atoms with Crippen LogP contribution < -0.4 is 5.43 Å². The summed E-state index contributed by atoms with van der Waals surface area (Å²) in [5.74, 6) is 0. The summed E-state index contributed by atoms with van der Waals surface area (Å²) >= 11 is 0. The third-order valence-electron chi connectivity index (χ3n) is 4.95. The van der Waals surface area contributed by atoms with E-state index >= 15 is 0 Å². The lowest BCUT2D eigenvalue weighted by molar-refractivity contribution is -0.393. The largest absolute Gasteiger partial charge is 0.301 e. The van der Waals surface area contributed by atoms with Gasteiger partial charge in [0.2, 0.25) is 0 Å². The Bertz CT molecular complexity index is 1110. The SMILES string of the molecule is Cc1ccc(S(=O)(=O)[C@@H]2CCCC/C2=N/Nc2ccc([N+](=O)[O-])cc2[N+](=O)[O-])cc1. The van der Waals surface area contributed by atoms with Crippen LogP contribution in [0.1, 0.15) is 31.2 Å². The van der Waals surface area contributed by atoms with Gasteiger partial charge < -0.3 is 0 Å². The Hall–Kier alpha value is -3.34. The van der Waals surface area contributed by atoms with Gasteiger partial charge in [-0.1, -0.05) is 24.1 Å². The lowest BCUT2D eigenvalue weighted by Crippen LogP contribution is -2.34. The summed E-state index contributed by atoms with van der Waals surface area (Å²) < 4.78 is 26.2. The van der Waals surface area contributed by atoms with Crippen molar-refractivity contribution in [3.8, 4) is 0 Å². The molecule has 1 fully saturated rings. The van der Waals surface area contributed by atoms with Gasteiger partial charge in [-0.05, 0) is 44.4 Å². The first-order valence-corrected chi connectivity index (χ1v) is 10.8. The number of hydrogen-bond donors (Lipinski definition) is 1. The highest BCUT2D eigenvalue weighted by atomic mass is 32.2. The normalized spacial score (nSPS) is 18.2. The van der Waals surface area contributed by atoms with Crippen LogP contribution in [-0.4, -0.2) is 29.2 Å². The molecule has 0 radical (unpaired) electrons. The van der Waals surface area contributed by atoms with Crippen LogP contribution in [0.3, 0.4) is 0 Å². The van der Waals surface area contributed by atoms with Gasteiger partial charge in [-0.2, -0.15) is 5.10 Å². The number of rotatable bonds is 6. The van der Waals surface area contributed by atoms with E-state index in [2.05, 4.69) is 10.5 Å². The molecule has 0 bridgehead atoms. The maximum Gasteiger partial charge on any atom is 0.301 e. The molecule has 11 heteroatoms. The zero-order chi connectivity index (χ0) is 21.9. The van der Waals surface area contributed by atoms with Crippen LogP contribution >= 0.6 is 0 Å². The molecule has 0 aliphatic heterocycles. The Morgan fingerprint density at radius 1 is 1.03 bits per heavy atom. The molecule has 0 saturated heterocycles. The second-order valence-electron chi connectivity index (χ2n) is 7.02. The third-order valence-corrected chi connectivity index (χ3v) is 7.14. The molecule has 1 saturated carbocycles. The first kappa shape index (κ1) is 21.4. The van der Waals surface area contributed by atoms with Gasteiger partial charge in [0, 0.05) is 6.07 Å². The molecule has 1 aliphatic rings. The molecule has 1 N–H and O–H groups in total. The number of nitro groups is 2. The molecule has 2 aromatic carbocycles. The molecule has 0 aromatic heterocycles. The smallest absolute Gasteiger partial charge is 0.272 e. The summed E-state index contributed by atoms with van der Waals surface area (Å²) in [5, 5.41) is 25.5. The van der Waals surface area contributed by atoms with Crippen molar-refractivity contribution in [2.24, 2.45) is 5.10 Å². The Morgan fingerprint density at radius 2 is 1.73 bits per heavy atom. The molecule has 0 amide bonds. The van der Waals surface area contributed by atoms with Gasteiger partial charge in [-0.15, -0.1) is 0 Å². The Balaban J connectivity index is 1.93. The number of nitrogens with one attached hydrogen (secondary N) is 1. The third kappa shape index (κ3) is 4.46. The number of benzene rings is 2. The molecular formula is C19H20N4O6S. The first-order chi connectivity index (χ1) is 14.2. The molecule has 10 nitrogen and oxygen atoms in total. The lowest BCUT2D eigenvalue weighted by atomic mass is 9.98. The molecule has 30 heavy (non-hydrogen) atoms. The molecule has 1 aliphatic carbocycles. The topological polar surface area (TPSA) is 145 Å². The van der Waals surface area contributed by atoms with Crippen molar-refractivity contribution in [3.63, 3.8) is 0 Å². The van der Waals surface area contributed by atoms with Crippen LogP contribution in [0.4, 0.5) is 17.1 Å². The molecule has 158 valence electrons. The second kappa shape index (κ2) is 8.57. The van der Waals surface area contributed by atoms with E-state index in [0.29, 0.717) is 18.6 Å². The number of nitrogens with zero attached hydrogens (tertiary/aromatic N) is 3. The zero-order valence-electron chi connectivity index (χ0n) is 16.1. The highest BCUT2D eigenvalue weighted by Gasteiger charge is 2.34. The van der Waals surface area contributed by atoms with Gasteiger partial charge in [0.05, 0.1) is 26.5 Å². The summed E-state index contributed by atoms with van der Waals surface area (Å²) in [6.45, 7) is 1.87. The number of non-ortho nitro benzene ring substituents is 1. The summed E-state index contributed by atoms with van der Waals surface area (Å²) in [6, 6.07) is 9.72. The number of nitro benzene ring substituents is 2. The van der Waals surface area contributed by atoms with Crippen molar-refractivity contribution in [2.75, 3.05) is 5.43 Å². The predicted octanol–water partition coefficient (Wildman–Crippen LogP) is 4.00. The van der Waals surface area contributed by atoms with Gasteiger partial charge in [-0.3, -0.25) is 25.7 Å². The fourth-order valence-electron chi connectivity index (χ4n) is 3.33. The van der Waals surface area contributed by atoms with Crippen LogP contribution in [0.2, 0.25) is 0 Å². The van der Waals surface area contributed by atoms with Crippen LogP contribution in [0.25, 0.3) is 0 Å². The van der Waals surface area contributed by atoms with Crippen molar-refractivity contribution in [2.45, 2.75) is 42.8 Å². The quantitative estimate of drug-likeness (QED) is 0.536. The minimum Gasteiger partial charge on any atom is -0.272 e. The highest BCUT2D eigenvalue weighted by molar-refractivity contribution is 7.92. The van der Waals surface area contributed by atoms with Crippen LogP contribution in [0.15, 0.2) is 52.5 Å². The van der Waals surface area contributed by atoms with Crippen LogP contribution in [0, 0.1) is 27.2 Å². The maximum absolute atomic E-state index is 13.1. The van der Waals surface area contributed by atoms with Crippen molar-refractivity contribution < 1.29 is 18.3 Å². The summed E-state index contributed by atoms with van der Waals surface area (Å²) in [5.41, 5.74) is 2.90. The highest BCUT2D eigenvalue weighted by Crippen LogP contribution is 2.31. The zero-order valence-corrected chi connectivity index (χ0v) is 17.0. The predicted molar refractivity (Wildman–Crippen MR) is 111 cm³/mol.